The maximum absolute atomic E-state index is 12.5. The number of hydrogen-bond donors (Lipinski definition) is 1. The normalized spacial score (nSPS) is 15.4. The van der Waals surface area contributed by atoms with E-state index in [0.29, 0.717) is 17.2 Å². The molecule has 5 rings (SSSR count). The molecule has 0 atom stereocenters. The van der Waals surface area contributed by atoms with Crippen molar-refractivity contribution in [1.29, 1.82) is 0 Å². The van der Waals surface area contributed by atoms with Crippen molar-refractivity contribution < 1.29 is 4.74 Å². The van der Waals surface area contributed by atoms with Crippen molar-refractivity contribution in [3.63, 3.8) is 0 Å². The summed E-state index contributed by atoms with van der Waals surface area (Å²) >= 11 is 0. The number of para-hydroxylation sites is 1. The fourth-order valence-corrected chi connectivity index (χ4v) is 3.99. The number of nitrogens with one attached hydrogen (secondary N) is 1. The van der Waals surface area contributed by atoms with E-state index in [1.54, 1.807) is 10.9 Å². The van der Waals surface area contributed by atoms with Gasteiger partial charge < -0.3 is 14.6 Å². The van der Waals surface area contributed by atoms with Gasteiger partial charge >= 0.3 is 0 Å². The first-order valence-electron chi connectivity index (χ1n) is 10.6. The number of H-pyrrole nitrogens is 1. The molecule has 2 aromatic heterocycles. The van der Waals surface area contributed by atoms with Crippen LogP contribution in [-0.4, -0.2) is 51.6 Å². The van der Waals surface area contributed by atoms with Crippen molar-refractivity contribution in [2.45, 2.75) is 12.8 Å². The van der Waals surface area contributed by atoms with Gasteiger partial charge in [0.1, 0.15) is 11.4 Å². The summed E-state index contributed by atoms with van der Waals surface area (Å²) in [6.07, 6.45) is 4.14. The molecule has 1 aliphatic rings. The Hall–Kier alpha value is -3.45. The van der Waals surface area contributed by atoms with Gasteiger partial charge in [0.15, 0.2) is 0 Å². The first-order valence-corrected chi connectivity index (χ1v) is 10.6. The number of likely N-dealkylation sites (tertiary alicyclic amines) is 1. The standard InChI is InChI=1S/C24H25N5O2/c1-28-12-10-17(11-13-28)16-31-20-8-6-19(7-9-20)29-15-23(26-27-29)21-14-18-4-2-3-5-22(18)25-24(21)30/h2-9,14-15,17H,10-13,16H2,1H3,(H,25,30). The SMILES string of the molecule is CN1CCC(COc2ccc(-n3cc(-c4cc5ccccc5[nH]c4=O)nn3)cc2)CC1. The van der Waals surface area contributed by atoms with Gasteiger partial charge in [0.05, 0.1) is 24.1 Å². The molecule has 0 saturated carbocycles. The number of piperidine rings is 1. The quantitative estimate of drug-likeness (QED) is 0.540. The minimum Gasteiger partial charge on any atom is -0.493 e. The molecule has 0 radical (unpaired) electrons. The Bertz CT molecular complexity index is 1240. The number of rotatable bonds is 5. The van der Waals surface area contributed by atoms with Crippen LogP contribution in [0.25, 0.3) is 27.8 Å². The van der Waals surface area contributed by atoms with Gasteiger partial charge in [-0.15, -0.1) is 5.10 Å². The summed E-state index contributed by atoms with van der Waals surface area (Å²) in [6.45, 7) is 3.04. The topological polar surface area (TPSA) is 76.0 Å². The zero-order valence-electron chi connectivity index (χ0n) is 17.5. The van der Waals surface area contributed by atoms with E-state index in [0.717, 1.165) is 42.0 Å². The Morgan fingerprint density at radius 1 is 1.10 bits per heavy atom. The maximum Gasteiger partial charge on any atom is 0.258 e. The van der Waals surface area contributed by atoms with E-state index in [2.05, 4.69) is 27.2 Å². The fourth-order valence-electron chi connectivity index (χ4n) is 3.99. The molecule has 7 nitrogen and oxygen atoms in total. The Morgan fingerprint density at radius 3 is 2.68 bits per heavy atom. The minimum absolute atomic E-state index is 0.177. The lowest BCUT2D eigenvalue weighted by Gasteiger charge is -2.28. The van der Waals surface area contributed by atoms with E-state index in [9.17, 15) is 4.79 Å². The van der Waals surface area contributed by atoms with Crippen molar-refractivity contribution in [3.8, 4) is 22.7 Å². The molecule has 1 saturated heterocycles. The van der Waals surface area contributed by atoms with Gasteiger partial charge in [-0.1, -0.05) is 23.4 Å². The third-order valence-electron chi connectivity index (χ3n) is 5.95. The van der Waals surface area contributed by atoms with Gasteiger partial charge in [-0.25, -0.2) is 4.68 Å². The molecule has 0 aliphatic carbocycles. The molecule has 7 heteroatoms. The van der Waals surface area contributed by atoms with Gasteiger partial charge in [0, 0.05) is 5.52 Å². The highest BCUT2D eigenvalue weighted by atomic mass is 16.5. The third kappa shape index (κ3) is 4.22. The molecule has 0 unspecified atom stereocenters. The van der Waals surface area contributed by atoms with Crippen LogP contribution in [0.2, 0.25) is 0 Å². The molecule has 0 amide bonds. The second-order valence-electron chi connectivity index (χ2n) is 8.20. The highest BCUT2D eigenvalue weighted by Gasteiger charge is 2.17. The zero-order valence-corrected chi connectivity index (χ0v) is 17.5. The Morgan fingerprint density at radius 2 is 1.87 bits per heavy atom. The van der Waals surface area contributed by atoms with Crippen LogP contribution >= 0.6 is 0 Å². The largest absolute Gasteiger partial charge is 0.493 e. The van der Waals surface area contributed by atoms with E-state index < -0.39 is 0 Å². The number of ether oxygens (including phenoxy) is 1. The number of pyridine rings is 1. The van der Waals surface area contributed by atoms with Crippen LogP contribution < -0.4 is 10.3 Å². The molecule has 4 aromatic rings. The van der Waals surface area contributed by atoms with Crippen LogP contribution in [0.1, 0.15) is 12.8 Å². The van der Waals surface area contributed by atoms with Crippen molar-refractivity contribution in [2.75, 3.05) is 26.7 Å². The lowest BCUT2D eigenvalue weighted by atomic mass is 9.98. The molecule has 0 spiro atoms. The molecule has 2 aromatic carbocycles. The van der Waals surface area contributed by atoms with E-state index >= 15 is 0 Å². The smallest absolute Gasteiger partial charge is 0.258 e. The van der Waals surface area contributed by atoms with E-state index in [1.807, 2.05) is 54.6 Å². The van der Waals surface area contributed by atoms with Crippen molar-refractivity contribution in [3.05, 3.63) is 71.1 Å². The van der Waals surface area contributed by atoms with E-state index in [4.69, 9.17) is 4.74 Å². The monoisotopic (exact) mass is 415 g/mol. The number of aromatic nitrogens is 4. The number of nitrogens with zero attached hydrogens (tertiary/aromatic N) is 4. The van der Waals surface area contributed by atoms with Crippen LogP contribution in [0.5, 0.6) is 5.75 Å². The van der Waals surface area contributed by atoms with Gasteiger partial charge in [0.25, 0.3) is 5.56 Å². The summed E-state index contributed by atoms with van der Waals surface area (Å²) in [4.78, 5) is 17.8. The second-order valence-corrected chi connectivity index (χ2v) is 8.20. The minimum atomic E-state index is -0.177. The molecule has 0 bridgehead atoms. The molecular formula is C24H25N5O2. The second kappa shape index (κ2) is 8.35. The van der Waals surface area contributed by atoms with Crippen molar-refractivity contribution >= 4 is 10.9 Å². The summed E-state index contributed by atoms with van der Waals surface area (Å²) in [6, 6.07) is 17.3. The maximum atomic E-state index is 12.5. The van der Waals surface area contributed by atoms with Gasteiger partial charge in [0.2, 0.25) is 0 Å². The van der Waals surface area contributed by atoms with Crippen LogP contribution in [0.4, 0.5) is 0 Å². The molecule has 31 heavy (non-hydrogen) atoms. The Kier molecular flexibility index (Phi) is 5.26. The average Bonchev–Trinajstić information content (AvgIpc) is 3.28. The molecule has 158 valence electrons. The number of benzene rings is 2. The predicted octanol–water partition coefficient (Wildman–Crippen LogP) is 3.50. The highest BCUT2D eigenvalue weighted by Crippen LogP contribution is 2.21. The molecule has 3 heterocycles. The first-order chi connectivity index (χ1) is 15.2. The molecule has 1 fully saturated rings. The van der Waals surface area contributed by atoms with Gasteiger partial charge in [-0.3, -0.25) is 4.79 Å². The fraction of sp³-hybridized carbons (Fsp3) is 0.292. The zero-order chi connectivity index (χ0) is 21.2. The van der Waals surface area contributed by atoms with Gasteiger partial charge in [-0.05, 0) is 80.7 Å². The molecular weight excluding hydrogens is 390 g/mol. The van der Waals surface area contributed by atoms with Crippen molar-refractivity contribution in [1.82, 2.24) is 24.9 Å². The highest BCUT2D eigenvalue weighted by molar-refractivity contribution is 5.82. The van der Waals surface area contributed by atoms with Gasteiger partial charge in [-0.2, -0.15) is 0 Å². The molecule has 1 aliphatic heterocycles. The summed E-state index contributed by atoms with van der Waals surface area (Å²) in [5.41, 5.74) is 2.53. The van der Waals surface area contributed by atoms with Crippen LogP contribution in [0, 0.1) is 5.92 Å². The van der Waals surface area contributed by atoms with Crippen LogP contribution in [-0.2, 0) is 0 Å². The first kappa shape index (κ1) is 19.5. The van der Waals surface area contributed by atoms with E-state index in [1.165, 1.54) is 12.8 Å². The average molecular weight is 415 g/mol. The Labute approximate surface area is 180 Å². The summed E-state index contributed by atoms with van der Waals surface area (Å²) < 4.78 is 7.66. The lowest BCUT2D eigenvalue weighted by Crippen LogP contribution is -2.32. The number of fused-ring (bicyclic) bond motifs is 1. The number of aromatic amines is 1. The summed E-state index contributed by atoms with van der Waals surface area (Å²) in [5.74, 6) is 1.47. The van der Waals surface area contributed by atoms with Crippen LogP contribution in [0.3, 0.4) is 0 Å². The van der Waals surface area contributed by atoms with E-state index in [-0.39, 0.29) is 5.56 Å². The predicted molar refractivity (Wildman–Crippen MR) is 121 cm³/mol. The summed E-state index contributed by atoms with van der Waals surface area (Å²) in [5, 5.41) is 9.38. The molecule has 1 N–H and O–H groups in total. The third-order valence-corrected chi connectivity index (χ3v) is 5.95. The van der Waals surface area contributed by atoms with Crippen molar-refractivity contribution in [2.24, 2.45) is 5.92 Å². The number of hydrogen-bond acceptors (Lipinski definition) is 5. The van der Waals surface area contributed by atoms with Crippen LogP contribution in [0.15, 0.2) is 65.6 Å². The lowest BCUT2D eigenvalue weighted by molar-refractivity contribution is 0.160. The Balaban J connectivity index is 1.30. The summed E-state index contributed by atoms with van der Waals surface area (Å²) in [7, 11) is 2.17.